The Labute approximate surface area is 121 Å². The van der Waals surface area contributed by atoms with Crippen molar-refractivity contribution in [3.05, 3.63) is 34.2 Å². The summed E-state index contributed by atoms with van der Waals surface area (Å²) in [5.41, 5.74) is 0. The Balaban J connectivity index is 1.60. The zero-order chi connectivity index (χ0) is 13.9. The van der Waals surface area contributed by atoms with Gasteiger partial charge in [0.05, 0.1) is 6.26 Å². The molecule has 106 valence electrons. The molecule has 1 amide bonds. The number of rotatable bonds is 3. The molecule has 5 nitrogen and oxygen atoms in total. The van der Waals surface area contributed by atoms with Gasteiger partial charge in [0.15, 0.2) is 5.76 Å². The molecule has 0 unspecified atom stereocenters. The quantitative estimate of drug-likeness (QED) is 0.872. The molecule has 0 radical (unpaired) electrons. The van der Waals surface area contributed by atoms with Crippen molar-refractivity contribution in [2.24, 2.45) is 0 Å². The maximum atomic E-state index is 12.2. The van der Waals surface area contributed by atoms with Crippen molar-refractivity contribution in [3.63, 3.8) is 0 Å². The molecule has 0 aliphatic carbocycles. The van der Waals surface area contributed by atoms with Crippen LogP contribution in [0.25, 0.3) is 0 Å². The zero-order valence-electron chi connectivity index (χ0n) is 11.4. The molecule has 1 aliphatic heterocycles. The fourth-order valence-corrected chi connectivity index (χ4v) is 3.41. The van der Waals surface area contributed by atoms with E-state index in [0.29, 0.717) is 11.7 Å². The van der Waals surface area contributed by atoms with Crippen LogP contribution in [0.15, 0.2) is 22.8 Å². The summed E-state index contributed by atoms with van der Waals surface area (Å²) in [6.45, 7) is 3.60. The number of likely N-dealkylation sites (tertiary alicyclic amines) is 1. The Bertz CT molecular complexity index is 571. The minimum Gasteiger partial charge on any atom is -0.459 e. The number of aromatic nitrogens is 2. The second-order valence-electron chi connectivity index (χ2n) is 4.93. The highest BCUT2D eigenvalue weighted by Crippen LogP contribution is 2.30. The van der Waals surface area contributed by atoms with E-state index in [1.807, 2.05) is 4.90 Å². The van der Waals surface area contributed by atoms with Gasteiger partial charge in [0.25, 0.3) is 5.91 Å². The van der Waals surface area contributed by atoms with Crippen LogP contribution in [0.5, 0.6) is 0 Å². The summed E-state index contributed by atoms with van der Waals surface area (Å²) >= 11 is 1.70. The second-order valence-corrected chi connectivity index (χ2v) is 6.03. The third-order valence-electron chi connectivity index (χ3n) is 3.65. The average molecular weight is 291 g/mol. The van der Waals surface area contributed by atoms with Crippen LogP contribution in [0.2, 0.25) is 0 Å². The lowest BCUT2D eigenvalue weighted by Gasteiger charge is -2.30. The molecule has 1 saturated heterocycles. The molecule has 0 spiro atoms. The van der Waals surface area contributed by atoms with Crippen LogP contribution >= 0.6 is 11.3 Å². The van der Waals surface area contributed by atoms with Crippen LogP contribution in [0.4, 0.5) is 0 Å². The number of hydrogen-bond donors (Lipinski definition) is 0. The molecule has 2 aromatic heterocycles. The maximum absolute atomic E-state index is 12.2. The molecule has 0 atom stereocenters. The zero-order valence-corrected chi connectivity index (χ0v) is 12.2. The largest absolute Gasteiger partial charge is 0.459 e. The van der Waals surface area contributed by atoms with Crippen LogP contribution in [-0.4, -0.2) is 34.1 Å². The Kier molecular flexibility index (Phi) is 3.82. The molecule has 0 saturated carbocycles. The lowest BCUT2D eigenvalue weighted by Crippen LogP contribution is -2.37. The maximum Gasteiger partial charge on any atom is 0.289 e. The van der Waals surface area contributed by atoms with Gasteiger partial charge < -0.3 is 9.32 Å². The van der Waals surface area contributed by atoms with Crippen molar-refractivity contribution in [1.29, 1.82) is 0 Å². The van der Waals surface area contributed by atoms with Crippen molar-refractivity contribution >= 4 is 17.2 Å². The number of furan rings is 1. The molecule has 0 N–H and O–H groups in total. The number of hydrogen-bond acceptors (Lipinski definition) is 5. The standard InChI is InChI=1S/C14H17N3O2S/c1-2-12-15-16-13(20-12)10-5-7-17(8-6-10)14(18)11-4-3-9-19-11/h3-4,9-10H,2,5-8H2,1H3. The monoisotopic (exact) mass is 291 g/mol. The van der Waals surface area contributed by atoms with Gasteiger partial charge in [0.1, 0.15) is 10.0 Å². The van der Waals surface area contributed by atoms with Gasteiger partial charge in [0.2, 0.25) is 0 Å². The predicted molar refractivity (Wildman–Crippen MR) is 75.9 cm³/mol. The molecule has 3 rings (SSSR count). The summed E-state index contributed by atoms with van der Waals surface area (Å²) in [5, 5.41) is 10.7. The highest BCUT2D eigenvalue weighted by molar-refractivity contribution is 7.11. The number of carbonyl (C=O) groups excluding carboxylic acids is 1. The van der Waals surface area contributed by atoms with E-state index in [4.69, 9.17) is 4.42 Å². The first kappa shape index (κ1) is 13.3. The van der Waals surface area contributed by atoms with Crippen molar-refractivity contribution in [2.75, 3.05) is 13.1 Å². The van der Waals surface area contributed by atoms with Gasteiger partial charge in [-0.15, -0.1) is 21.5 Å². The summed E-state index contributed by atoms with van der Waals surface area (Å²) in [6, 6.07) is 3.46. The van der Waals surface area contributed by atoms with E-state index >= 15 is 0 Å². The summed E-state index contributed by atoms with van der Waals surface area (Å²) in [6.07, 6.45) is 4.37. The molecule has 0 bridgehead atoms. The lowest BCUT2D eigenvalue weighted by atomic mass is 9.97. The number of amides is 1. The molecule has 0 aromatic carbocycles. The Morgan fingerprint density at radius 1 is 1.45 bits per heavy atom. The summed E-state index contributed by atoms with van der Waals surface area (Å²) < 4.78 is 5.17. The molecular formula is C14H17N3O2S. The SMILES string of the molecule is CCc1nnc(C2CCN(C(=O)c3ccco3)CC2)s1. The van der Waals surface area contributed by atoms with E-state index in [1.54, 1.807) is 23.5 Å². The second kappa shape index (κ2) is 5.75. The summed E-state index contributed by atoms with van der Waals surface area (Å²) in [7, 11) is 0. The minimum atomic E-state index is -0.0139. The minimum absolute atomic E-state index is 0.0139. The van der Waals surface area contributed by atoms with Gasteiger partial charge >= 0.3 is 0 Å². The van der Waals surface area contributed by atoms with E-state index in [2.05, 4.69) is 17.1 Å². The third-order valence-corrected chi connectivity index (χ3v) is 4.88. The number of nitrogens with zero attached hydrogens (tertiary/aromatic N) is 3. The van der Waals surface area contributed by atoms with Crippen molar-refractivity contribution in [1.82, 2.24) is 15.1 Å². The van der Waals surface area contributed by atoms with Crippen LogP contribution in [0.1, 0.15) is 46.3 Å². The normalized spacial score (nSPS) is 16.6. The average Bonchev–Trinajstić information content (AvgIpc) is 3.18. The van der Waals surface area contributed by atoms with E-state index in [0.717, 1.165) is 42.4 Å². The Morgan fingerprint density at radius 2 is 2.25 bits per heavy atom. The fourth-order valence-electron chi connectivity index (χ4n) is 2.46. The van der Waals surface area contributed by atoms with Gasteiger partial charge in [0, 0.05) is 19.0 Å². The van der Waals surface area contributed by atoms with Gasteiger partial charge in [-0.3, -0.25) is 4.79 Å². The molecule has 1 aliphatic rings. The molecule has 3 heterocycles. The summed E-state index contributed by atoms with van der Waals surface area (Å²) in [5.74, 6) is 0.848. The van der Waals surface area contributed by atoms with Crippen molar-refractivity contribution < 1.29 is 9.21 Å². The number of carbonyl (C=O) groups is 1. The van der Waals surface area contributed by atoms with Gasteiger partial charge in [-0.25, -0.2) is 0 Å². The summed E-state index contributed by atoms with van der Waals surface area (Å²) in [4.78, 5) is 14.0. The van der Waals surface area contributed by atoms with Crippen LogP contribution in [0.3, 0.4) is 0 Å². The van der Waals surface area contributed by atoms with Crippen LogP contribution in [0, 0.1) is 0 Å². The molecular weight excluding hydrogens is 274 g/mol. The third kappa shape index (κ3) is 2.60. The smallest absolute Gasteiger partial charge is 0.289 e. The fraction of sp³-hybridized carbons (Fsp3) is 0.500. The number of piperidine rings is 1. The van der Waals surface area contributed by atoms with E-state index in [9.17, 15) is 4.79 Å². The first-order valence-electron chi connectivity index (χ1n) is 6.93. The lowest BCUT2D eigenvalue weighted by molar-refractivity contribution is 0.0680. The molecule has 2 aromatic rings. The molecule has 6 heteroatoms. The van der Waals surface area contributed by atoms with E-state index < -0.39 is 0 Å². The van der Waals surface area contributed by atoms with Crippen molar-refractivity contribution in [3.8, 4) is 0 Å². The highest BCUT2D eigenvalue weighted by Gasteiger charge is 2.27. The first-order chi connectivity index (χ1) is 9.78. The van der Waals surface area contributed by atoms with Crippen LogP contribution < -0.4 is 0 Å². The predicted octanol–water partition coefficient (Wildman–Crippen LogP) is 2.71. The van der Waals surface area contributed by atoms with Crippen molar-refractivity contribution in [2.45, 2.75) is 32.1 Å². The topological polar surface area (TPSA) is 59.2 Å². The molecule has 20 heavy (non-hydrogen) atoms. The van der Waals surface area contributed by atoms with Gasteiger partial charge in [-0.05, 0) is 31.4 Å². The van der Waals surface area contributed by atoms with Gasteiger partial charge in [-0.1, -0.05) is 6.92 Å². The van der Waals surface area contributed by atoms with Gasteiger partial charge in [-0.2, -0.15) is 0 Å². The Hall–Kier alpha value is -1.69. The molecule has 1 fully saturated rings. The number of aryl methyl sites for hydroxylation is 1. The Morgan fingerprint density at radius 3 is 2.85 bits per heavy atom. The van der Waals surface area contributed by atoms with E-state index in [1.165, 1.54) is 6.26 Å². The first-order valence-corrected chi connectivity index (χ1v) is 7.74. The highest BCUT2D eigenvalue weighted by atomic mass is 32.1. The van der Waals surface area contributed by atoms with Crippen LogP contribution in [-0.2, 0) is 6.42 Å². The van der Waals surface area contributed by atoms with E-state index in [-0.39, 0.29) is 5.91 Å².